The number of halogens is 2. The summed E-state index contributed by atoms with van der Waals surface area (Å²) in [6.07, 6.45) is 7.00. The van der Waals surface area contributed by atoms with E-state index < -0.39 is 11.9 Å². The van der Waals surface area contributed by atoms with E-state index in [1.54, 1.807) is 49.1 Å². The largest absolute Gasteiger partial charge is 2.00 e. The molecule has 173 valence electrons. The van der Waals surface area contributed by atoms with Gasteiger partial charge in [-0.3, -0.25) is 9.97 Å². The molecule has 0 bridgehead atoms. The summed E-state index contributed by atoms with van der Waals surface area (Å²) in [7, 11) is 0. The Morgan fingerprint density at radius 2 is 0.818 bits per heavy atom. The molecule has 6 nitrogen and oxygen atoms in total. The van der Waals surface area contributed by atoms with E-state index in [0.717, 1.165) is 8.95 Å². The standard InChI is InChI=1S/2C7H5BrO2.2C5H5N.Cu/c2*8-6-3-1-5(2-4-6)7(9)10;2*1-2-4-6-5-3-1;/h2*1-4H,(H,9,10);2*1-5H;/q;;;;+2/p-2. The Balaban J connectivity index is 0.000000420. The maximum atomic E-state index is 10.2. The zero-order valence-corrected chi connectivity index (χ0v) is 21.1. The predicted octanol–water partition coefficient (Wildman–Crippen LogP) is 3.79. The second-order valence-corrected chi connectivity index (χ2v) is 7.47. The first-order valence-electron chi connectivity index (χ1n) is 9.04. The average molecular weight is 622 g/mol. The number of carboxylic acid groups (broad SMARTS) is 2. The van der Waals surface area contributed by atoms with Crippen LogP contribution in [0, 0.1) is 0 Å². The van der Waals surface area contributed by atoms with Crippen LogP contribution in [0.4, 0.5) is 0 Å². The SMILES string of the molecule is O=C([O-])c1ccc(Br)cc1.O=C([O-])c1ccc(Br)cc1.[Cu+2].c1ccncc1.c1ccncc1. The van der Waals surface area contributed by atoms with Crippen LogP contribution in [0.2, 0.25) is 0 Å². The van der Waals surface area contributed by atoms with E-state index in [0.29, 0.717) is 0 Å². The first-order chi connectivity index (χ1) is 15.4. The fourth-order valence-corrected chi connectivity index (χ4v) is 2.33. The van der Waals surface area contributed by atoms with Crippen LogP contribution in [-0.2, 0) is 17.1 Å². The van der Waals surface area contributed by atoms with E-state index in [1.165, 1.54) is 24.3 Å². The summed E-state index contributed by atoms with van der Waals surface area (Å²) in [5, 5.41) is 20.4. The third-order valence-electron chi connectivity index (χ3n) is 3.29. The summed E-state index contributed by atoms with van der Waals surface area (Å²) >= 11 is 6.36. The van der Waals surface area contributed by atoms with E-state index in [1.807, 2.05) is 36.4 Å². The summed E-state index contributed by atoms with van der Waals surface area (Å²) in [6, 6.07) is 24.0. The van der Waals surface area contributed by atoms with E-state index in [4.69, 9.17) is 0 Å². The quantitative estimate of drug-likeness (QED) is 0.316. The fraction of sp³-hybridized carbons (Fsp3) is 0. The van der Waals surface area contributed by atoms with Crippen LogP contribution in [-0.4, -0.2) is 21.9 Å². The van der Waals surface area contributed by atoms with Crippen LogP contribution in [0.3, 0.4) is 0 Å². The summed E-state index contributed by atoms with van der Waals surface area (Å²) in [4.78, 5) is 27.9. The zero-order chi connectivity index (χ0) is 23.6. The monoisotopic (exact) mass is 619 g/mol. The van der Waals surface area contributed by atoms with Gasteiger partial charge in [-0.05, 0) is 59.7 Å². The average Bonchev–Trinajstić information content (AvgIpc) is 2.83. The summed E-state index contributed by atoms with van der Waals surface area (Å²) < 4.78 is 1.72. The van der Waals surface area contributed by atoms with Gasteiger partial charge in [0.2, 0.25) is 0 Å². The van der Waals surface area contributed by atoms with Crippen molar-refractivity contribution < 1.29 is 36.9 Å². The summed E-state index contributed by atoms with van der Waals surface area (Å²) in [5.74, 6) is -2.29. The molecule has 2 aromatic carbocycles. The summed E-state index contributed by atoms with van der Waals surface area (Å²) in [5.41, 5.74) is 0.395. The van der Waals surface area contributed by atoms with Crippen molar-refractivity contribution in [3.63, 3.8) is 0 Å². The van der Waals surface area contributed by atoms with E-state index in [-0.39, 0.29) is 28.2 Å². The number of nitrogens with zero attached hydrogens (tertiary/aromatic N) is 2. The molecule has 33 heavy (non-hydrogen) atoms. The molecule has 1 radical (unpaired) electrons. The van der Waals surface area contributed by atoms with Gasteiger partial charge in [0.25, 0.3) is 0 Å². The van der Waals surface area contributed by atoms with E-state index in [9.17, 15) is 19.8 Å². The topological polar surface area (TPSA) is 106 Å². The molecule has 0 saturated heterocycles. The molecular formula is C24H18Br2CuN2O4. The van der Waals surface area contributed by atoms with Gasteiger partial charge in [0.05, 0.1) is 11.9 Å². The van der Waals surface area contributed by atoms with Crippen LogP contribution in [0.1, 0.15) is 20.7 Å². The maximum Gasteiger partial charge on any atom is 2.00 e. The van der Waals surface area contributed by atoms with Gasteiger partial charge in [-0.15, -0.1) is 0 Å². The third kappa shape index (κ3) is 15.6. The molecule has 0 aliphatic carbocycles. The molecule has 0 unspecified atom stereocenters. The molecule has 9 heteroatoms. The van der Waals surface area contributed by atoms with E-state index in [2.05, 4.69) is 41.8 Å². The number of carbonyl (C=O) groups excluding carboxylic acids is 2. The first-order valence-corrected chi connectivity index (χ1v) is 10.6. The van der Waals surface area contributed by atoms with Gasteiger partial charge < -0.3 is 19.8 Å². The van der Waals surface area contributed by atoms with Gasteiger partial charge in [0, 0.05) is 33.7 Å². The molecule has 0 fully saturated rings. The predicted molar refractivity (Wildman–Crippen MR) is 125 cm³/mol. The number of benzene rings is 2. The van der Waals surface area contributed by atoms with Crippen LogP contribution in [0.15, 0.2) is 119 Å². The molecule has 0 aliphatic heterocycles. The van der Waals surface area contributed by atoms with Gasteiger partial charge in [0.15, 0.2) is 0 Å². The van der Waals surface area contributed by atoms with Crippen molar-refractivity contribution in [1.82, 2.24) is 9.97 Å². The summed E-state index contributed by atoms with van der Waals surface area (Å²) in [6.45, 7) is 0. The van der Waals surface area contributed by atoms with Crippen molar-refractivity contribution in [3.8, 4) is 0 Å². The van der Waals surface area contributed by atoms with Gasteiger partial charge in [0.1, 0.15) is 0 Å². The Kier molecular flexibility index (Phi) is 17.1. The van der Waals surface area contributed by atoms with Gasteiger partial charge in [-0.2, -0.15) is 0 Å². The van der Waals surface area contributed by atoms with Crippen molar-refractivity contribution in [2.75, 3.05) is 0 Å². The molecular weight excluding hydrogens is 604 g/mol. The van der Waals surface area contributed by atoms with Crippen molar-refractivity contribution in [2.24, 2.45) is 0 Å². The molecule has 0 N–H and O–H groups in total. The molecule has 0 saturated carbocycles. The zero-order valence-electron chi connectivity index (χ0n) is 17.0. The number of carbonyl (C=O) groups is 2. The normalized spacial score (nSPS) is 8.55. The minimum Gasteiger partial charge on any atom is -0.545 e. The van der Waals surface area contributed by atoms with Gasteiger partial charge in [-0.25, -0.2) is 0 Å². The minimum atomic E-state index is -1.15. The molecule has 4 aromatic rings. The Hall–Kier alpha value is -2.84. The van der Waals surface area contributed by atoms with Crippen LogP contribution in [0.25, 0.3) is 0 Å². The first kappa shape index (κ1) is 30.2. The van der Waals surface area contributed by atoms with Crippen molar-refractivity contribution in [3.05, 3.63) is 130 Å². The Morgan fingerprint density at radius 1 is 0.545 bits per heavy atom. The third-order valence-corrected chi connectivity index (χ3v) is 4.35. The maximum absolute atomic E-state index is 10.2. The van der Waals surface area contributed by atoms with Crippen LogP contribution < -0.4 is 10.2 Å². The van der Waals surface area contributed by atoms with Crippen molar-refractivity contribution in [1.29, 1.82) is 0 Å². The number of carboxylic acids is 2. The molecule has 0 atom stereocenters. The molecule has 0 spiro atoms. The molecule has 0 amide bonds. The molecule has 0 aliphatic rings. The van der Waals surface area contributed by atoms with Gasteiger partial charge >= 0.3 is 17.1 Å². The molecule has 2 heterocycles. The molecule has 2 aromatic heterocycles. The number of hydrogen-bond acceptors (Lipinski definition) is 6. The smallest absolute Gasteiger partial charge is 0.545 e. The van der Waals surface area contributed by atoms with Crippen molar-refractivity contribution >= 4 is 43.8 Å². The number of aromatic carboxylic acids is 2. The minimum absolute atomic E-state index is 0. The Labute approximate surface area is 219 Å². The van der Waals surface area contributed by atoms with Crippen molar-refractivity contribution in [2.45, 2.75) is 0 Å². The number of pyridine rings is 2. The molecule has 4 rings (SSSR count). The second kappa shape index (κ2) is 18.7. The number of rotatable bonds is 2. The number of hydrogen-bond donors (Lipinski definition) is 0. The fourth-order valence-electron chi connectivity index (χ4n) is 1.80. The van der Waals surface area contributed by atoms with Crippen LogP contribution >= 0.6 is 31.9 Å². The Morgan fingerprint density at radius 3 is 0.970 bits per heavy atom. The Bertz CT molecular complexity index is 897. The van der Waals surface area contributed by atoms with Crippen LogP contribution in [0.5, 0.6) is 0 Å². The van der Waals surface area contributed by atoms with E-state index >= 15 is 0 Å². The van der Waals surface area contributed by atoms with Gasteiger partial charge in [-0.1, -0.05) is 68.3 Å². The number of aromatic nitrogens is 2. The second-order valence-electron chi connectivity index (χ2n) is 5.64.